The average molecular weight is 222 g/mol. The first kappa shape index (κ1) is 10.1. The maximum absolute atomic E-state index is 10.7. The Kier molecular flexibility index (Phi) is 2.42. The molecule has 0 saturated carbocycles. The second-order valence-electron chi connectivity index (χ2n) is 3.28. The first-order valence-electron chi connectivity index (χ1n) is 4.43. The van der Waals surface area contributed by atoms with Crippen molar-refractivity contribution in [3.8, 4) is 0 Å². The fourth-order valence-electron chi connectivity index (χ4n) is 1.40. The van der Waals surface area contributed by atoms with E-state index in [1.54, 1.807) is 23.5 Å². The third-order valence-electron chi connectivity index (χ3n) is 2.14. The monoisotopic (exact) mass is 222 g/mol. The van der Waals surface area contributed by atoms with Crippen LogP contribution in [0.1, 0.15) is 16.6 Å². The predicted octanol–water partition coefficient (Wildman–Crippen LogP) is 1.69. The van der Waals surface area contributed by atoms with E-state index in [1.165, 1.54) is 0 Å². The maximum atomic E-state index is 10.7. The van der Waals surface area contributed by atoms with E-state index in [0.29, 0.717) is 5.56 Å². The van der Waals surface area contributed by atoms with Crippen molar-refractivity contribution >= 4 is 27.5 Å². The highest BCUT2D eigenvalue weighted by molar-refractivity contribution is 7.18. The van der Waals surface area contributed by atoms with E-state index in [-0.39, 0.29) is 0 Å². The van der Waals surface area contributed by atoms with Crippen LogP contribution in [0.5, 0.6) is 0 Å². The Bertz CT molecular complexity index is 521. The summed E-state index contributed by atoms with van der Waals surface area (Å²) in [5.41, 5.74) is 6.91. The van der Waals surface area contributed by atoms with Crippen molar-refractivity contribution in [2.75, 3.05) is 0 Å². The number of aliphatic carboxylic acids is 1. The smallest absolute Gasteiger partial charge is 0.325 e. The lowest BCUT2D eigenvalue weighted by molar-refractivity contribution is -0.138. The van der Waals surface area contributed by atoms with Crippen molar-refractivity contribution < 1.29 is 9.90 Å². The molecule has 0 radical (unpaired) electrons. The van der Waals surface area contributed by atoms with Crippen LogP contribution in [0.4, 0.5) is 0 Å². The largest absolute Gasteiger partial charge is 0.480 e. The highest BCUT2D eigenvalue weighted by Gasteiger charge is 2.14. The van der Waals surface area contributed by atoms with Gasteiger partial charge in [0.1, 0.15) is 6.04 Å². The summed E-state index contributed by atoms with van der Waals surface area (Å²) in [5, 5.41) is 9.73. The van der Waals surface area contributed by atoms with Crippen LogP contribution < -0.4 is 5.73 Å². The average Bonchev–Trinajstić information content (AvgIpc) is 2.55. The van der Waals surface area contributed by atoms with E-state index in [4.69, 9.17) is 10.8 Å². The molecule has 0 amide bonds. The van der Waals surface area contributed by atoms with Gasteiger partial charge in [-0.3, -0.25) is 4.79 Å². The van der Waals surface area contributed by atoms with Crippen LogP contribution in [0, 0.1) is 6.92 Å². The normalized spacial score (nSPS) is 12.9. The fraction of sp³-hybridized carbons (Fsp3) is 0.200. The number of fused-ring (bicyclic) bond motifs is 1. The van der Waals surface area contributed by atoms with E-state index in [2.05, 4.69) is 4.98 Å². The zero-order valence-corrected chi connectivity index (χ0v) is 8.91. The predicted molar refractivity (Wildman–Crippen MR) is 58.9 cm³/mol. The van der Waals surface area contributed by atoms with Gasteiger partial charge in [0, 0.05) is 0 Å². The molecule has 2 aromatic rings. The Morgan fingerprint density at radius 2 is 2.33 bits per heavy atom. The zero-order chi connectivity index (χ0) is 11.0. The van der Waals surface area contributed by atoms with Crippen LogP contribution in [0.3, 0.4) is 0 Å². The second kappa shape index (κ2) is 3.60. The third-order valence-corrected chi connectivity index (χ3v) is 3.10. The highest BCUT2D eigenvalue weighted by atomic mass is 32.1. The number of nitrogens with two attached hydrogens (primary N) is 1. The van der Waals surface area contributed by atoms with Gasteiger partial charge in [-0.1, -0.05) is 6.07 Å². The molecule has 0 aliphatic carbocycles. The molecule has 78 valence electrons. The molecule has 0 aliphatic rings. The molecule has 0 fully saturated rings. The molecule has 4 nitrogen and oxygen atoms in total. The zero-order valence-electron chi connectivity index (χ0n) is 8.10. The molecular formula is C10H10N2O2S. The van der Waals surface area contributed by atoms with Gasteiger partial charge in [0.2, 0.25) is 0 Å². The van der Waals surface area contributed by atoms with Gasteiger partial charge in [0.25, 0.3) is 0 Å². The number of thiazole rings is 1. The van der Waals surface area contributed by atoms with Gasteiger partial charge >= 0.3 is 5.97 Å². The van der Waals surface area contributed by atoms with Crippen LogP contribution >= 0.6 is 11.3 Å². The molecule has 2 rings (SSSR count). The molecule has 1 aromatic carbocycles. The van der Waals surface area contributed by atoms with Crippen molar-refractivity contribution in [1.29, 1.82) is 0 Å². The number of nitrogens with zero attached hydrogens (tertiary/aromatic N) is 1. The van der Waals surface area contributed by atoms with Gasteiger partial charge in [-0.15, -0.1) is 11.3 Å². The Morgan fingerprint density at radius 3 is 3.00 bits per heavy atom. The number of carboxylic acids is 1. The summed E-state index contributed by atoms with van der Waals surface area (Å²) in [6.45, 7) is 1.92. The summed E-state index contributed by atoms with van der Waals surface area (Å²) < 4.78 is 1.05. The molecule has 15 heavy (non-hydrogen) atoms. The summed E-state index contributed by atoms with van der Waals surface area (Å²) in [4.78, 5) is 15.0. The molecule has 3 N–H and O–H groups in total. The summed E-state index contributed by atoms with van der Waals surface area (Å²) in [7, 11) is 0. The molecule has 0 spiro atoms. The summed E-state index contributed by atoms with van der Waals surface area (Å²) in [5.74, 6) is -1.03. The van der Waals surface area contributed by atoms with E-state index in [0.717, 1.165) is 15.2 Å². The van der Waals surface area contributed by atoms with E-state index in [1.807, 2.05) is 13.0 Å². The molecule has 5 heteroatoms. The third kappa shape index (κ3) is 1.84. The van der Waals surface area contributed by atoms with Crippen LogP contribution in [0.25, 0.3) is 10.2 Å². The number of rotatable bonds is 2. The molecule has 0 saturated heterocycles. The number of carboxylic acid groups (broad SMARTS) is 1. The fourth-order valence-corrected chi connectivity index (χ4v) is 2.20. The highest BCUT2D eigenvalue weighted by Crippen LogP contribution is 2.24. The quantitative estimate of drug-likeness (QED) is 0.810. The Morgan fingerprint density at radius 1 is 1.60 bits per heavy atom. The summed E-state index contributed by atoms with van der Waals surface area (Å²) in [6, 6.07) is 4.35. The molecule has 1 unspecified atom stereocenters. The van der Waals surface area contributed by atoms with Crippen molar-refractivity contribution in [2.24, 2.45) is 5.73 Å². The van der Waals surface area contributed by atoms with Crippen LogP contribution in [0.2, 0.25) is 0 Å². The second-order valence-corrected chi connectivity index (χ2v) is 4.51. The molecule has 1 heterocycles. The van der Waals surface area contributed by atoms with E-state index >= 15 is 0 Å². The standard InChI is InChI=1S/C10H10N2O2S/c1-5-12-7-4-6(9(11)10(13)14)2-3-8(7)15-5/h2-4,9H,11H2,1H3,(H,13,14). The van der Waals surface area contributed by atoms with Gasteiger partial charge in [0.15, 0.2) is 0 Å². The Hall–Kier alpha value is -1.46. The number of hydrogen-bond acceptors (Lipinski definition) is 4. The molecule has 1 atom stereocenters. The van der Waals surface area contributed by atoms with Crippen molar-refractivity contribution in [3.63, 3.8) is 0 Å². The first-order valence-corrected chi connectivity index (χ1v) is 5.25. The van der Waals surface area contributed by atoms with Gasteiger partial charge < -0.3 is 10.8 Å². The van der Waals surface area contributed by atoms with Gasteiger partial charge in [-0.25, -0.2) is 4.98 Å². The maximum Gasteiger partial charge on any atom is 0.325 e. The van der Waals surface area contributed by atoms with Gasteiger partial charge in [-0.05, 0) is 24.6 Å². The molecular weight excluding hydrogens is 212 g/mol. The van der Waals surface area contributed by atoms with E-state index < -0.39 is 12.0 Å². The number of hydrogen-bond donors (Lipinski definition) is 2. The Balaban J connectivity index is 2.50. The number of aromatic nitrogens is 1. The molecule has 0 bridgehead atoms. The lowest BCUT2D eigenvalue weighted by Crippen LogP contribution is -2.20. The Labute approximate surface area is 90.4 Å². The van der Waals surface area contributed by atoms with Crippen LogP contribution in [0.15, 0.2) is 18.2 Å². The van der Waals surface area contributed by atoms with Gasteiger partial charge in [0.05, 0.1) is 15.2 Å². The molecule has 1 aromatic heterocycles. The summed E-state index contributed by atoms with van der Waals surface area (Å²) in [6.07, 6.45) is 0. The van der Waals surface area contributed by atoms with Gasteiger partial charge in [-0.2, -0.15) is 0 Å². The SMILES string of the molecule is Cc1nc2cc(C(N)C(=O)O)ccc2s1. The van der Waals surface area contributed by atoms with Crippen LogP contribution in [-0.4, -0.2) is 16.1 Å². The van der Waals surface area contributed by atoms with Crippen molar-refractivity contribution in [1.82, 2.24) is 4.98 Å². The molecule has 0 aliphatic heterocycles. The lowest BCUT2D eigenvalue weighted by Gasteiger charge is -2.05. The topological polar surface area (TPSA) is 76.2 Å². The van der Waals surface area contributed by atoms with Crippen molar-refractivity contribution in [2.45, 2.75) is 13.0 Å². The summed E-state index contributed by atoms with van der Waals surface area (Å²) >= 11 is 1.58. The van der Waals surface area contributed by atoms with Crippen LogP contribution in [-0.2, 0) is 4.79 Å². The number of aryl methyl sites for hydroxylation is 1. The van der Waals surface area contributed by atoms with Crippen molar-refractivity contribution in [3.05, 3.63) is 28.8 Å². The number of benzene rings is 1. The van der Waals surface area contributed by atoms with E-state index in [9.17, 15) is 4.79 Å². The minimum atomic E-state index is -1.03. The first-order chi connectivity index (χ1) is 7.08. The minimum absolute atomic E-state index is 0.584. The minimum Gasteiger partial charge on any atom is -0.480 e. The lowest BCUT2D eigenvalue weighted by atomic mass is 10.1. The number of carbonyl (C=O) groups is 1.